The third-order valence-corrected chi connectivity index (χ3v) is 5.64. The molecule has 0 amide bonds. The van der Waals surface area contributed by atoms with Gasteiger partial charge in [-0.25, -0.2) is 0 Å². The number of hydrogen-bond acceptors (Lipinski definition) is 1. The molecule has 3 atom stereocenters. The largest absolute Gasteiger partial charge is 0.299 e. The molecule has 2 aliphatic carbocycles. The Bertz CT molecular complexity index is 238. The minimum atomic E-state index is -0.0127. The van der Waals surface area contributed by atoms with E-state index in [1.807, 2.05) is 0 Å². The van der Waals surface area contributed by atoms with Crippen molar-refractivity contribution in [1.29, 1.82) is 0 Å². The van der Waals surface area contributed by atoms with Crippen LogP contribution >= 0.6 is 15.9 Å². The normalized spacial score (nSPS) is 51.9. The number of alkyl halides is 1. The van der Waals surface area contributed by atoms with E-state index in [4.69, 9.17) is 0 Å². The van der Waals surface area contributed by atoms with Gasteiger partial charge >= 0.3 is 0 Å². The Morgan fingerprint density at radius 1 is 1.58 bits per heavy atom. The van der Waals surface area contributed by atoms with Gasteiger partial charge < -0.3 is 0 Å². The van der Waals surface area contributed by atoms with E-state index in [0.29, 0.717) is 11.7 Å². The number of hydrogen-bond donors (Lipinski definition) is 0. The molecule has 0 saturated heterocycles. The standard InChI is InChI=1S/C10H15BrO/c1-9-4-3-7(5-8(9)12)10(9,2)6-11/h7H,3-6H2,1-2H3/t7?,9?,10-/m0/s1. The summed E-state index contributed by atoms with van der Waals surface area (Å²) in [7, 11) is 0. The quantitative estimate of drug-likeness (QED) is 0.634. The number of carbonyl (C=O) groups is 1. The zero-order valence-corrected chi connectivity index (χ0v) is 9.28. The third kappa shape index (κ3) is 0.729. The summed E-state index contributed by atoms with van der Waals surface area (Å²) in [5.41, 5.74) is 0.227. The molecule has 0 spiro atoms. The lowest BCUT2D eigenvalue weighted by Gasteiger charge is -2.34. The van der Waals surface area contributed by atoms with Gasteiger partial charge in [0.1, 0.15) is 5.78 Å². The molecule has 2 fully saturated rings. The average molecular weight is 231 g/mol. The Labute approximate surface area is 82.0 Å². The van der Waals surface area contributed by atoms with Crippen LogP contribution in [0.3, 0.4) is 0 Å². The predicted octanol–water partition coefficient (Wildman–Crippen LogP) is 2.78. The minimum absolute atomic E-state index is 0.0127. The van der Waals surface area contributed by atoms with Gasteiger partial charge in [0, 0.05) is 17.2 Å². The fraction of sp³-hybridized carbons (Fsp3) is 0.900. The van der Waals surface area contributed by atoms with E-state index in [9.17, 15) is 4.79 Å². The smallest absolute Gasteiger partial charge is 0.139 e. The van der Waals surface area contributed by atoms with E-state index in [2.05, 4.69) is 29.8 Å². The summed E-state index contributed by atoms with van der Waals surface area (Å²) in [5.74, 6) is 1.15. The zero-order valence-electron chi connectivity index (χ0n) is 7.69. The van der Waals surface area contributed by atoms with Crippen LogP contribution in [0.1, 0.15) is 33.1 Å². The highest BCUT2D eigenvalue weighted by Gasteiger charge is 2.63. The Kier molecular flexibility index (Phi) is 1.70. The van der Waals surface area contributed by atoms with Crippen molar-refractivity contribution in [2.75, 3.05) is 5.33 Å². The third-order valence-electron chi connectivity index (χ3n) is 4.48. The van der Waals surface area contributed by atoms with Crippen molar-refractivity contribution in [2.45, 2.75) is 33.1 Å². The van der Waals surface area contributed by atoms with Crippen LogP contribution < -0.4 is 0 Å². The highest BCUT2D eigenvalue weighted by molar-refractivity contribution is 9.09. The SMILES string of the molecule is CC12CCC(CC1=O)[C@]2(C)CBr. The molecule has 2 saturated carbocycles. The molecule has 2 bridgehead atoms. The number of fused-ring (bicyclic) bond motifs is 2. The topological polar surface area (TPSA) is 17.1 Å². The first-order chi connectivity index (χ1) is 5.54. The van der Waals surface area contributed by atoms with Crippen molar-refractivity contribution in [3.63, 3.8) is 0 Å². The second kappa shape index (κ2) is 2.34. The van der Waals surface area contributed by atoms with Crippen molar-refractivity contribution < 1.29 is 4.79 Å². The Balaban J connectivity index is 2.44. The molecule has 68 valence electrons. The highest BCUT2D eigenvalue weighted by Crippen LogP contribution is 2.64. The second-order valence-electron chi connectivity index (χ2n) is 4.75. The number of Topliss-reactive ketones (excluding diaryl/α,β-unsaturated/α-hetero) is 1. The predicted molar refractivity (Wildman–Crippen MR) is 52.4 cm³/mol. The van der Waals surface area contributed by atoms with Crippen molar-refractivity contribution >= 4 is 21.7 Å². The van der Waals surface area contributed by atoms with Gasteiger partial charge in [0.15, 0.2) is 0 Å². The molecule has 0 aromatic heterocycles. The Morgan fingerprint density at radius 3 is 2.50 bits per heavy atom. The number of carbonyl (C=O) groups excluding carboxylic acids is 1. The number of ketones is 1. The van der Waals surface area contributed by atoms with Gasteiger partial charge in [-0.1, -0.05) is 29.8 Å². The zero-order chi connectivity index (χ0) is 8.98. The van der Waals surface area contributed by atoms with E-state index < -0.39 is 0 Å². The maximum absolute atomic E-state index is 11.7. The molecule has 2 aliphatic rings. The summed E-state index contributed by atoms with van der Waals surface area (Å²) in [6.45, 7) is 4.42. The van der Waals surface area contributed by atoms with Crippen LogP contribution in [0, 0.1) is 16.7 Å². The molecule has 12 heavy (non-hydrogen) atoms. The molecule has 0 aliphatic heterocycles. The number of halogens is 1. The first-order valence-corrected chi connectivity index (χ1v) is 5.76. The van der Waals surface area contributed by atoms with Gasteiger partial charge in [0.05, 0.1) is 0 Å². The van der Waals surface area contributed by atoms with Crippen LogP contribution in [0.25, 0.3) is 0 Å². The monoisotopic (exact) mass is 230 g/mol. The molecule has 0 radical (unpaired) electrons. The summed E-state index contributed by atoms with van der Waals surface area (Å²) in [5, 5.41) is 0.979. The fourth-order valence-corrected chi connectivity index (χ4v) is 4.09. The molecule has 2 rings (SSSR count). The lowest BCUT2D eigenvalue weighted by molar-refractivity contribution is -0.128. The minimum Gasteiger partial charge on any atom is -0.299 e. The van der Waals surface area contributed by atoms with Crippen LogP contribution in [0.15, 0.2) is 0 Å². The van der Waals surface area contributed by atoms with E-state index in [1.165, 1.54) is 6.42 Å². The Hall–Kier alpha value is 0.150. The first-order valence-electron chi connectivity index (χ1n) is 4.64. The lowest BCUT2D eigenvalue weighted by atomic mass is 9.70. The maximum atomic E-state index is 11.7. The molecule has 0 aromatic carbocycles. The second-order valence-corrected chi connectivity index (χ2v) is 5.31. The van der Waals surface area contributed by atoms with Gasteiger partial charge in [-0.15, -0.1) is 0 Å². The Morgan fingerprint density at radius 2 is 2.25 bits per heavy atom. The summed E-state index contributed by atoms with van der Waals surface area (Å²) < 4.78 is 0. The maximum Gasteiger partial charge on any atom is 0.139 e. The van der Waals surface area contributed by atoms with Crippen LogP contribution in [0.4, 0.5) is 0 Å². The van der Waals surface area contributed by atoms with Crippen LogP contribution in [0.5, 0.6) is 0 Å². The van der Waals surface area contributed by atoms with Gasteiger partial charge in [-0.3, -0.25) is 4.79 Å². The molecule has 0 aromatic rings. The van der Waals surface area contributed by atoms with Gasteiger partial charge in [-0.2, -0.15) is 0 Å². The van der Waals surface area contributed by atoms with Gasteiger partial charge in [0.25, 0.3) is 0 Å². The van der Waals surface area contributed by atoms with Crippen LogP contribution in [-0.2, 0) is 4.79 Å². The summed E-state index contributed by atoms with van der Waals surface area (Å²) >= 11 is 3.56. The number of rotatable bonds is 1. The molecule has 0 N–H and O–H groups in total. The van der Waals surface area contributed by atoms with Crippen LogP contribution in [-0.4, -0.2) is 11.1 Å². The van der Waals surface area contributed by atoms with Crippen molar-refractivity contribution in [3.8, 4) is 0 Å². The summed E-state index contributed by atoms with van der Waals surface area (Å²) in [6, 6.07) is 0. The molecule has 2 unspecified atom stereocenters. The molecule has 2 heteroatoms. The van der Waals surface area contributed by atoms with Crippen molar-refractivity contribution in [3.05, 3.63) is 0 Å². The van der Waals surface area contributed by atoms with E-state index in [1.54, 1.807) is 0 Å². The molecule has 0 heterocycles. The molecular formula is C10H15BrO. The summed E-state index contributed by atoms with van der Waals surface area (Å²) in [6.07, 6.45) is 3.20. The molecular weight excluding hydrogens is 216 g/mol. The first kappa shape index (κ1) is 8.74. The molecule has 1 nitrogen and oxygen atoms in total. The average Bonchev–Trinajstić information content (AvgIpc) is 2.39. The highest BCUT2D eigenvalue weighted by atomic mass is 79.9. The summed E-state index contributed by atoms with van der Waals surface area (Å²) in [4.78, 5) is 11.7. The van der Waals surface area contributed by atoms with Gasteiger partial charge in [0.2, 0.25) is 0 Å². The lowest BCUT2D eigenvalue weighted by Crippen LogP contribution is -2.36. The van der Waals surface area contributed by atoms with Crippen LogP contribution in [0.2, 0.25) is 0 Å². The van der Waals surface area contributed by atoms with E-state index >= 15 is 0 Å². The van der Waals surface area contributed by atoms with E-state index in [0.717, 1.165) is 18.2 Å². The van der Waals surface area contributed by atoms with Crippen molar-refractivity contribution in [2.24, 2.45) is 16.7 Å². The van der Waals surface area contributed by atoms with Gasteiger partial charge in [-0.05, 0) is 24.2 Å². The fourth-order valence-electron chi connectivity index (χ4n) is 3.01. The van der Waals surface area contributed by atoms with Crippen molar-refractivity contribution in [1.82, 2.24) is 0 Å². The van der Waals surface area contributed by atoms with E-state index in [-0.39, 0.29) is 10.8 Å².